The molecule has 1 heterocycles. The predicted octanol–water partition coefficient (Wildman–Crippen LogP) is 3.55. The number of halogens is 1. The summed E-state index contributed by atoms with van der Waals surface area (Å²) < 4.78 is 0. The molecule has 2 rings (SSSR count). The van der Waals surface area contributed by atoms with Gasteiger partial charge in [0.25, 0.3) is 0 Å². The molecule has 0 amide bonds. The minimum atomic E-state index is 0.712. The molecule has 1 aliphatic heterocycles. The zero-order valence-electron chi connectivity index (χ0n) is 9.75. The standard InChI is InChI=1S/C13H19ClN2/c1-10-3-2-7-16(8-6-10)13-5-4-11(14)9-12(13)15/h4-5,9-10H,2-3,6-8,15H2,1H3. The second-order valence-electron chi connectivity index (χ2n) is 4.73. The fraction of sp³-hybridized carbons (Fsp3) is 0.538. The summed E-state index contributed by atoms with van der Waals surface area (Å²) in [5, 5.41) is 0.712. The first-order valence-electron chi connectivity index (χ1n) is 5.97. The smallest absolute Gasteiger partial charge is 0.0600 e. The first-order valence-corrected chi connectivity index (χ1v) is 6.34. The zero-order chi connectivity index (χ0) is 11.5. The van der Waals surface area contributed by atoms with Crippen LogP contribution >= 0.6 is 11.6 Å². The van der Waals surface area contributed by atoms with Crippen LogP contribution in [0, 0.1) is 5.92 Å². The van der Waals surface area contributed by atoms with Gasteiger partial charge in [0.1, 0.15) is 0 Å². The third-order valence-corrected chi connectivity index (χ3v) is 3.58. The summed E-state index contributed by atoms with van der Waals surface area (Å²) in [4.78, 5) is 2.38. The predicted molar refractivity (Wildman–Crippen MR) is 71.1 cm³/mol. The quantitative estimate of drug-likeness (QED) is 0.759. The Kier molecular flexibility index (Phi) is 3.59. The summed E-state index contributed by atoms with van der Waals surface area (Å²) in [5.41, 5.74) is 7.94. The maximum absolute atomic E-state index is 6.01. The van der Waals surface area contributed by atoms with E-state index in [1.165, 1.54) is 19.3 Å². The molecule has 1 atom stereocenters. The van der Waals surface area contributed by atoms with Crippen LogP contribution in [0.15, 0.2) is 18.2 Å². The van der Waals surface area contributed by atoms with Crippen LogP contribution in [0.1, 0.15) is 26.2 Å². The van der Waals surface area contributed by atoms with Gasteiger partial charge in [0.05, 0.1) is 11.4 Å². The zero-order valence-corrected chi connectivity index (χ0v) is 10.5. The fourth-order valence-electron chi connectivity index (χ4n) is 2.32. The van der Waals surface area contributed by atoms with Gasteiger partial charge in [-0.1, -0.05) is 18.5 Å². The Hall–Kier alpha value is -0.890. The van der Waals surface area contributed by atoms with Crippen molar-refractivity contribution in [3.63, 3.8) is 0 Å². The monoisotopic (exact) mass is 238 g/mol. The lowest BCUT2D eigenvalue weighted by atomic mass is 10.0. The van der Waals surface area contributed by atoms with Gasteiger partial charge in [0.2, 0.25) is 0 Å². The molecule has 1 unspecified atom stereocenters. The summed E-state index contributed by atoms with van der Waals surface area (Å²) in [7, 11) is 0. The molecule has 0 aromatic heterocycles. The highest BCUT2D eigenvalue weighted by molar-refractivity contribution is 6.31. The van der Waals surface area contributed by atoms with Gasteiger partial charge in [-0.25, -0.2) is 0 Å². The number of anilines is 2. The summed E-state index contributed by atoms with van der Waals surface area (Å²) in [6.07, 6.45) is 3.83. The highest BCUT2D eigenvalue weighted by Crippen LogP contribution is 2.29. The number of nitrogens with zero attached hydrogens (tertiary/aromatic N) is 1. The topological polar surface area (TPSA) is 29.3 Å². The van der Waals surface area contributed by atoms with Crippen LogP contribution in [0.2, 0.25) is 5.02 Å². The third-order valence-electron chi connectivity index (χ3n) is 3.35. The van der Waals surface area contributed by atoms with Crippen molar-refractivity contribution in [2.75, 3.05) is 23.7 Å². The maximum Gasteiger partial charge on any atom is 0.0600 e. The van der Waals surface area contributed by atoms with Gasteiger partial charge in [0.15, 0.2) is 0 Å². The molecule has 3 heteroatoms. The first-order chi connectivity index (χ1) is 7.66. The van der Waals surface area contributed by atoms with Gasteiger partial charge in [-0.2, -0.15) is 0 Å². The van der Waals surface area contributed by atoms with Gasteiger partial charge < -0.3 is 10.6 Å². The summed E-state index contributed by atoms with van der Waals surface area (Å²) >= 11 is 5.91. The van der Waals surface area contributed by atoms with Crippen LogP contribution in [0.4, 0.5) is 11.4 Å². The van der Waals surface area contributed by atoms with Gasteiger partial charge in [-0.05, 0) is 43.4 Å². The van der Waals surface area contributed by atoms with E-state index in [9.17, 15) is 0 Å². The molecule has 88 valence electrons. The number of benzene rings is 1. The van der Waals surface area contributed by atoms with E-state index in [0.29, 0.717) is 5.02 Å². The fourth-order valence-corrected chi connectivity index (χ4v) is 2.50. The van der Waals surface area contributed by atoms with Gasteiger partial charge >= 0.3 is 0 Å². The second-order valence-corrected chi connectivity index (χ2v) is 5.16. The average Bonchev–Trinajstić information content (AvgIpc) is 2.43. The Morgan fingerprint density at radius 2 is 2.12 bits per heavy atom. The van der Waals surface area contributed by atoms with Gasteiger partial charge in [0, 0.05) is 18.1 Å². The van der Waals surface area contributed by atoms with Crippen molar-refractivity contribution in [3.8, 4) is 0 Å². The van der Waals surface area contributed by atoms with Crippen molar-refractivity contribution in [1.29, 1.82) is 0 Å². The van der Waals surface area contributed by atoms with Gasteiger partial charge in [-0.3, -0.25) is 0 Å². The molecule has 1 aromatic rings. The van der Waals surface area contributed by atoms with E-state index in [2.05, 4.69) is 11.8 Å². The van der Waals surface area contributed by atoms with E-state index in [-0.39, 0.29) is 0 Å². The molecular formula is C13H19ClN2. The van der Waals surface area contributed by atoms with Crippen LogP contribution in [0.5, 0.6) is 0 Å². The lowest BCUT2D eigenvalue weighted by molar-refractivity contribution is 0.521. The van der Waals surface area contributed by atoms with Gasteiger partial charge in [-0.15, -0.1) is 0 Å². The Bertz CT molecular complexity index is 365. The molecule has 0 saturated carbocycles. The van der Waals surface area contributed by atoms with E-state index in [0.717, 1.165) is 30.4 Å². The largest absolute Gasteiger partial charge is 0.397 e. The average molecular weight is 239 g/mol. The molecular weight excluding hydrogens is 220 g/mol. The molecule has 1 fully saturated rings. The molecule has 0 spiro atoms. The van der Waals surface area contributed by atoms with Crippen LogP contribution in [-0.2, 0) is 0 Å². The van der Waals surface area contributed by atoms with Crippen LogP contribution in [0.3, 0.4) is 0 Å². The van der Waals surface area contributed by atoms with Crippen LogP contribution in [-0.4, -0.2) is 13.1 Å². The number of nitrogens with two attached hydrogens (primary N) is 1. The molecule has 1 saturated heterocycles. The van der Waals surface area contributed by atoms with Crippen molar-refractivity contribution in [2.24, 2.45) is 5.92 Å². The minimum absolute atomic E-state index is 0.712. The maximum atomic E-state index is 6.01. The number of rotatable bonds is 1. The molecule has 0 radical (unpaired) electrons. The molecule has 0 bridgehead atoms. The second kappa shape index (κ2) is 4.96. The molecule has 1 aliphatic rings. The Morgan fingerprint density at radius 1 is 1.31 bits per heavy atom. The van der Waals surface area contributed by atoms with Crippen LogP contribution in [0.25, 0.3) is 0 Å². The summed E-state index contributed by atoms with van der Waals surface area (Å²) in [6, 6.07) is 5.79. The summed E-state index contributed by atoms with van der Waals surface area (Å²) in [6.45, 7) is 4.54. The van der Waals surface area contributed by atoms with Crippen LogP contribution < -0.4 is 10.6 Å². The Labute approximate surface area is 102 Å². The van der Waals surface area contributed by atoms with E-state index >= 15 is 0 Å². The van der Waals surface area contributed by atoms with E-state index in [4.69, 9.17) is 17.3 Å². The molecule has 2 nitrogen and oxygen atoms in total. The molecule has 1 aromatic carbocycles. The minimum Gasteiger partial charge on any atom is -0.397 e. The lowest BCUT2D eigenvalue weighted by Crippen LogP contribution is -2.25. The lowest BCUT2D eigenvalue weighted by Gasteiger charge is -2.24. The molecule has 2 N–H and O–H groups in total. The van der Waals surface area contributed by atoms with E-state index in [1.807, 2.05) is 18.2 Å². The first kappa shape index (κ1) is 11.6. The Balaban J connectivity index is 2.16. The van der Waals surface area contributed by atoms with Crippen molar-refractivity contribution in [1.82, 2.24) is 0 Å². The van der Waals surface area contributed by atoms with Crippen molar-refractivity contribution >= 4 is 23.0 Å². The number of nitrogen functional groups attached to an aromatic ring is 1. The van der Waals surface area contributed by atoms with E-state index in [1.54, 1.807) is 0 Å². The molecule has 16 heavy (non-hydrogen) atoms. The third kappa shape index (κ3) is 2.62. The SMILES string of the molecule is CC1CCCN(c2ccc(Cl)cc2N)CC1. The van der Waals surface area contributed by atoms with Crippen molar-refractivity contribution in [3.05, 3.63) is 23.2 Å². The van der Waals surface area contributed by atoms with E-state index < -0.39 is 0 Å². The van der Waals surface area contributed by atoms with Crippen molar-refractivity contribution in [2.45, 2.75) is 26.2 Å². The highest BCUT2D eigenvalue weighted by Gasteiger charge is 2.15. The van der Waals surface area contributed by atoms with Crippen molar-refractivity contribution < 1.29 is 0 Å². The highest BCUT2D eigenvalue weighted by atomic mass is 35.5. The normalized spacial score (nSPS) is 21.9. The Morgan fingerprint density at radius 3 is 2.88 bits per heavy atom. The summed E-state index contributed by atoms with van der Waals surface area (Å²) in [5.74, 6) is 0.832. The number of hydrogen-bond acceptors (Lipinski definition) is 2. The molecule has 0 aliphatic carbocycles. The number of hydrogen-bond donors (Lipinski definition) is 1.